The van der Waals surface area contributed by atoms with Crippen molar-refractivity contribution in [1.29, 1.82) is 0 Å². The molecule has 2 heterocycles. The van der Waals surface area contributed by atoms with Crippen LogP contribution in [0.3, 0.4) is 0 Å². The zero-order valence-electron chi connectivity index (χ0n) is 16.7. The molecular formula is C24H19ClO5. The fourth-order valence-electron chi connectivity index (χ4n) is 3.07. The van der Waals surface area contributed by atoms with E-state index in [-0.39, 0.29) is 28.1 Å². The third-order valence-corrected chi connectivity index (χ3v) is 4.97. The van der Waals surface area contributed by atoms with E-state index in [1.807, 2.05) is 12.1 Å². The quantitative estimate of drug-likeness (QED) is 0.366. The molecule has 0 aliphatic heterocycles. The second kappa shape index (κ2) is 7.50. The number of esters is 1. The van der Waals surface area contributed by atoms with E-state index in [0.29, 0.717) is 16.2 Å². The van der Waals surface area contributed by atoms with Crippen molar-refractivity contribution in [2.75, 3.05) is 0 Å². The van der Waals surface area contributed by atoms with Crippen molar-refractivity contribution < 1.29 is 18.4 Å². The summed E-state index contributed by atoms with van der Waals surface area (Å²) < 4.78 is 16.7. The van der Waals surface area contributed by atoms with Gasteiger partial charge in [-0.15, -0.1) is 0 Å². The first-order chi connectivity index (χ1) is 14.2. The molecular weight excluding hydrogens is 404 g/mol. The molecule has 6 heteroatoms. The molecule has 0 aliphatic rings. The normalized spacial score (nSPS) is 11.6. The Morgan fingerprint density at radius 2 is 1.77 bits per heavy atom. The minimum absolute atomic E-state index is 0.0412. The average molecular weight is 423 g/mol. The summed E-state index contributed by atoms with van der Waals surface area (Å²) in [6.07, 6.45) is 1.44. The van der Waals surface area contributed by atoms with Crippen molar-refractivity contribution >= 4 is 28.5 Å². The van der Waals surface area contributed by atoms with Gasteiger partial charge in [0.15, 0.2) is 5.76 Å². The average Bonchev–Trinajstić information content (AvgIpc) is 3.24. The van der Waals surface area contributed by atoms with Crippen LogP contribution in [0, 0.1) is 0 Å². The second-order valence-electron chi connectivity index (χ2n) is 7.92. The maximum absolute atomic E-state index is 13.1. The molecule has 4 rings (SSSR count). The van der Waals surface area contributed by atoms with E-state index in [0.717, 1.165) is 5.56 Å². The maximum atomic E-state index is 13.1. The number of hydrogen-bond donors (Lipinski definition) is 0. The lowest BCUT2D eigenvalue weighted by atomic mass is 9.87. The number of carbonyl (C=O) groups excluding carboxylic acids is 1. The van der Waals surface area contributed by atoms with Gasteiger partial charge in [0.05, 0.1) is 17.2 Å². The topological polar surface area (TPSA) is 69.7 Å². The second-order valence-corrected chi connectivity index (χ2v) is 8.36. The van der Waals surface area contributed by atoms with E-state index < -0.39 is 11.4 Å². The smallest absolute Gasteiger partial charge is 0.343 e. The molecule has 0 unspecified atom stereocenters. The zero-order valence-corrected chi connectivity index (χ0v) is 17.4. The van der Waals surface area contributed by atoms with Crippen molar-refractivity contribution in [3.63, 3.8) is 0 Å². The molecule has 2 aromatic carbocycles. The van der Waals surface area contributed by atoms with Crippen LogP contribution in [0.1, 0.15) is 36.7 Å². The Balaban J connectivity index is 1.79. The van der Waals surface area contributed by atoms with E-state index in [2.05, 4.69) is 20.8 Å². The van der Waals surface area contributed by atoms with E-state index >= 15 is 0 Å². The molecule has 2 aromatic heterocycles. The highest BCUT2D eigenvalue weighted by atomic mass is 35.5. The molecule has 4 aromatic rings. The van der Waals surface area contributed by atoms with Crippen LogP contribution in [0.4, 0.5) is 0 Å². The fourth-order valence-corrected chi connectivity index (χ4v) is 3.24. The Morgan fingerprint density at radius 1 is 1.03 bits per heavy atom. The predicted octanol–water partition coefficient (Wildman–Crippen LogP) is 6.22. The summed E-state index contributed by atoms with van der Waals surface area (Å²) >= 11 is 6.03. The summed E-state index contributed by atoms with van der Waals surface area (Å²) in [6, 6.07) is 15.0. The van der Waals surface area contributed by atoms with Crippen LogP contribution in [0.5, 0.6) is 5.75 Å². The molecule has 0 fully saturated rings. The number of carbonyl (C=O) groups is 1. The Bertz CT molecular complexity index is 1280. The van der Waals surface area contributed by atoms with Gasteiger partial charge in [-0.1, -0.05) is 44.5 Å². The number of halogens is 1. The number of benzene rings is 2. The van der Waals surface area contributed by atoms with E-state index in [9.17, 15) is 9.59 Å². The largest absolute Gasteiger partial charge is 0.461 e. The highest BCUT2D eigenvalue weighted by Crippen LogP contribution is 2.32. The molecule has 0 radical (unpaired) electrons. The first-order valence-electron chi connectivity index (χ1n) is 9.37. The van der Waals surface area contributed by atoms with Gasteiger partial charge in [-0.3, -0.25) is 4.79 Å². The van der Waals surface area contributed by atoms with E-state index in [4.69, 9.17) is 25.2 Å². The summed E-state index contributed by atoms with van der Waals surface area (Å²) in [4.78, 5) is 25.9. The molecule has 0 atom stereocenters. The Labute approximate surface area is 177 Å². The van der Waals surface area contributed by atoms with Gasteiger partial charge in [0.2, 0.25) is 16.9 Å². The first-order valence-corrected chi connectivity index (χ1v) is 9.75. The number of furan rings is 1. The summed E-state index contributed by atoms with van der Waals surface area (Å²) in [7, 11) is 0. The maximum Gasteiger partial charge on any atom is 0.343 e. The van der Waals surface area contributed by atoms with Crippen molar-refractivity contribution in [1.82, 2.24) is 0 Å². The van der Waals surface area contributed by atoms with Crippen LogP contribution in [-0.4, -0.2) is 5.97 Å². The van der Waals surface area contributed by atoms with Crippen molar-refractivity contribution in [3.05, 3.63) is 87.2 Å². The number of rotatable bonds is 3. The van der Waals surface area contributed by atoms with Gasteiger partial charge in [-0.25, -0.2) is 4.79 Å². The van der Waals surface area contributed by atoms with Crippen molar-refractivity contribution in [2.24, 2.45) is 0 Å². The number of ether oxygens (including phenoxy) is 1. The van der Waals surface area contributed by atoms with Gasteiger partial charge >= 0.3 is 5.97 Å². The van der Waals surface area contributed by atoms with Crippen molar-refractivity contribution in [2.45, 2.75) is 26.2 Å². The van der Waals surface area contributed by atoms with Gasteiger partial charge in [0.1, 0.15) is 5.58 Å². The fraction of sp³-hybridized carbons (Fsp3) is 0.167. The third kappa shape index (κ3) is 3.76. The molecule has 0 amide bonds. The van der Waals surface area contributed by atoms with Gasteiger partial charge in [0, 0.05) is 5.02 Å². The monoisotopic (exact) mass is 422 g/mol. The summed E-state index contributed by atoms with van der Waals surface area (Å²) in [5.41, 5.74) is 1.15. The Hall–Kier alpha value is -3.31. The van der Waals surface area contributed by atoms with Gasteiger partial charge in [-0.2, -0.15) is 0 Å². The minimum Gasteiger partial charge on any atom is -0.461 e. The third-order valence-electron chi connectivity index (χ3n) is 4.74. The zero-order chi connectivity index (χ0) is 21.5. The van der Waals surface area contributed by atoms with Crippen LogP contribution in [0.25, 0.3) is 22.5 Å². The lowest BCUT2D eigenvalue weighted by molar-refractivity contribution is 0.0731. The standard InChI is InChI=1S/C24H19ClO5/c1-24(2,3)15-8-6-14(7-9-15)23(27)30-22-20(26)17-13-16(25)10-11-18(17)29-21(22)19-5-4-12-28-19/h4-13H,1-3H3. The molecule has 30 heavy (non-hydrogen) atoms. The molecule has 5 nitrogen and oxygen atoms in total. The SMILES string of the molecule is CC(C)(C)c1ccc(C(=O)Oc2c(-c3ccco3)oc3ccc(Cl)cc3c2=O)cc1. The molecule has 0 saturated heterocycles. The number of fused-ring (bicyclic) bond motifs is 1. The number of hydrogen-bond acceptors (Lipinski definition) is 5. The molecule has 0 spiro atoms. The minimum atomic E-state index is -0.669. The summed E-state index contributed by atoms with van der Waals surface area (Å²) in [5, 5.41) is 0.583. The van der Waals surface area contributed by atoms with E-state index in [1.54, 1.807) is 36.4 Å². The molecule has 0 N–H and O–H groups in total. The van der Waals surface area contributed by atoms with Gasteiger partial charge in [-0.05, 0) is 53.4 Å². The summed E-state index contributed by atoms with van der Waals surface area (Å²) in [5.74, 6) is -0.601. The van der Waals surface area contributed by atoms with Crippen molar-refractivity contribution in [3.8, 4) is 17.3 Å². The lowest BCUT2D eigenvalue weighted by Gasteiger charge is -2.18. The van der Waals surface area contributed by atoms with Gasteiger partial charge in [0.25, 0.3) is 0 Å². The van der Waals surface area contributed by atoms with Crippen LogP contribution >= 0.6 is 11.6 Å². The Kier molecular flexibility index (Phi) is 5.00. The first kappa shape index (κ1) is 20.0. The highest BCUT2D eigenvalue weighted by molar-refractivity contribution is 6.31. The molecule has 0 aliphatic carbocycles. The molecule has 0 saturated carbocycles. The highest BCUT2D eigenvalue weighted by Gasteiger charge is 2.23. The molecule has 0 bridgehead atoms. The Morgan fingerprint density at radius 3 is 2.40 bits per heavy atom. The van der Waals surface area contributed by atoms with Crippen LogP contribution < -0.4 is 10.2 Å². The summed E-state index contributed by atoms with van der Waals surface area (Å²) in [6.45, 7) is 6.25. The molecule has 152 valence electrons. The van der Waals surface area contributed by atoms with Crippen LogP contribution in [0.15, 0.2) is 74.5 Å². The van der Waals surface area contributed by atoms with Gasteiger partial charge < -0.3 is 13.6 Å². The predicted molar refractivity (Wildman–Crippen MR) is 115 cm³/mol. The van der Waals surface area contributed by atoms with Crippen LogP contribution in [-0.2, 0) is 5.41 Å². The lowest BCUT2D eigenvalue weighted by Crippen LogP contribution is -2.17. The van der Waals surface area contributed by atoms with E-state index in [1.165, 1.54) is 12.3 Å². The van der Waals surface area contributed by atoms with Crippen LogP contribution in [0.2, 0.25) is 5.02 Å².